The van der Waals surface area contributed by atoms with E-state index in [0.29, 0.717) is 42.2 Å². The van der Waals surface area contributed by atoms with Gasteiger partial charge >= 0.3 is 0 Å². The Bertz CT molecular complexity index is 866. The van der Waals surface area contributed by atoms with E-state index in [-0.39, 0.29) is 12.6 Å². The molecule has 1 fully saturated rings. The van der Waals surface area contributed by atoms with Crippen molar-refractivity contribution in [3.8, 4) is 0 Å². The van der Waals surface area contributed by atoms with Gasteiger partial charge in [-0.3, -0.25) is 9.78 Å². The van der Waals surface area contributed by atoms with Gasteiger partial charge < -0.3 is 15.0 Å². The molecule has 0 radical (unpaired) electrons. The quantitative estimate of drug-likeness (QED) is 0.488. The van der Waals surface area contributed by atoms with Crippen LogP contribution in [0.5, 0.6) is 0 Å². The third kappa shape index (κ3) is 5.22. The Morgan fingerprint density at radius 2 is 2.03 bits per heavy atom. The first-order chi connectivity index (χ1) is 14.3. The van der Waals surface area contributed by atoms with Crippen LogP contribution in [0.4, 0.5) is 14.5 Å². The summed E-state index contributed by atoms with van der Waals surface area (Å²) < 4.78 is 33.4. The fraction of sp³-hybridized carbons (Fsp3) is 0.429. The normalized spacial score (nSPS) is 17.8. The third-order valence-corrected chi connectivity index (χ3v) is 5.72. The maximum absolute atomic E-state index is 14.1. The Kier molecular flexibility index (Phi) is 7.55. The molecular formula is C21H24ClF2N3O2S. The molecule has 1 amide bonds. The molecule has 1 aromatic carbocycles. The molecule has 1 saturated heterocycles. The number of thiol groups is 1. The number of rotatable bonds is 7. The summed E-state index contributed by atoms with van der Waals surface area (Å²) in [7, 11) is 0. The van der Waals surface area contributed by atoms with Gasteiger partial charge in [-0.2, -0.15) is 0 Å². The molecule has 9 heteroatoms. The first-order valence-corrected chi connectivity index (χ1v) is 10.5. The number of nitrogens with zero attached hydrogens (tertiary/aromatic N) is 2. The largest absolute Gasteiger partial charge is 0.381 e. The number of alkyl halides is 2. The molecule has 1 aliphatic rings. The number of halogens is 3. The molecule has 0 saturated carbocycles. The highest BCUT2D eigenvalue weighted by atomic mass is 35.5. The molecule has 5 nitrogen and oxygen atoms in total. The van der Waals surface area contributed by atoms with E-state index in [4.69, 9.17) is 16.3 Å². The average molecular weight is 456 g/mol. The Labute approximate surface area is 185 Å². The van der Waals surface area contributed by atoms with Crippen LogP contribution < -0.4 is 10.2 Å². The Morgan fingerprint density at radius 1 is 1.37 bits per heavy atom. The summed E-state index contributed by atoms with van der Waals surface area (Å²) in [4.78, 5) is 19.7. The van der Waals surface area contributed by atoms with Gasteiger partial charge in [0.2, 0.25) is 0 Å². The summed E-state index contributed by atoms with van der Waals surface area (Å²) in [5.74, 6) is -0.986. The Morgan fingerprint density at radius 3 is 2.63 bits per heavy atom. The first kappa shape index (κ1) is 22.8. The van der Waals surface area contributed by atoms with Crippen LogP contribution in [0.15, 0.2) is 47.6 Å². The molecule has 0 bridgehead atoms. The molecule has 0 unspecified atom stereocenters. The molecule has 2 atom stereocenters. The molecule has 2 aromatic rings. The van der Waals surface area contributed by atoms with Crippen LogP contribution in [-0.4, -0.2) is 42.3 Å². The maximum Gasteiger partial charge on any atom is 0.250 e. The molecule has 1 aliphatic heterocycles. The molecule has 1 N–H and O–H groups in total. The number of hydrogen-bond donors (Lipinski definition) is 2. The van der Waals surface area contributed by atoms with Gasteiger partial charge in [-0.05, 0) is 50.1 Å². The lowest BCUT2D eigenvalue weighted by molar-refractivity contribution is -0.127. The van der Waals surface area contributed by atoms with Crippen molar-refractivity contribution in [1.82, 2.24) is 10.3 Å². The fourth-order valence-electron chi connectivity index (χ4n) is 3.57. The lowest BCUT2D eigenvalue weighted by atomic mass is 9.88. The second kappa shape index (κ2) is 9.94. The minimum atomic E-state index is -1.75. The zero-order chi connectivity index (χ0) is 21.7. The maximum atomic E-state index is 14.1. The van der Waals surface area contributed by atoms with Crippen molar-refractivity contribution in [3.05, 3.63) is 54.1 Å². The summed E-state index contributed by atoms with van der Waals surface area (Å²) >= 11 is 10.00. The number of aromatic nitrogens is 1. The highest BCUT2D eigenvalue weighted by Gasteiger charge is 2.43. The molecule has 0 spiro atoms. The van der Waals surface area contributed by atoms with Gasteiger partial charge in [0.15, 0.2) is 5.63 Å². The van der Waals surface area contributed by atoms with Gasteiger partial charge in [0.05, 0.1) is 12.7 Å². The summed E-state index contributed by atoms with van der Waals surface area (Å²) in [6, 6.07) is 8.03. The summed E-state index contributed by atoms with van der Waals surface area (Å²) in [5, 5.41) is 3.02. The van der Waals surface area contributed by atoms with Crippen molar-refractivity contribution >= 4 is 35.8 Å². The number of hydrogen-bond acceptors (Lipinski definition) is 5. The second-order valence-corrected chi connectivity index (χ2v) is 8.33. The molecule has 2 heterocycles. The standard InChI is InChI=1S/C21H24ClF2N3O2S/c1-21(14-10-15(23)12-25-11-14,20(28)26-16-6-8-29-9-7-16)27(13-19(22)24)17-2-4-18(30)5-3-17/h2-5,10-12,16,19,30H,6-9,13H2,1H3,(H,26,28)/t19-,21-/m0/s1. The predicted molar refractivity (Wildman–Crippen MR) is 115 cm³/mol. The van der Waals surface area contributed by atoms with Crippen molar-refractivity contribution in [2.75, 3.05) is 24.7 Å². The van der Waals surface area contributed by atoms with E-state index in [9.17, 15) is 13.6 Å². The zero-order valence-electron chi connectivity index (χ0n) is 16.5. The summed E-state index contributed by atoms with van der Waals surface area (Å²) in [6.45, 7) is 2.42. The van der Waals surface area contributed by atoms with Gasteiger partial charge in [-0.1, -0.05) is 11.6 Å². The fourth-order valence-corrected chi connectivity index (χ4v) is 3.86. The minimum Gasteiger partial charge on any atom is -0.381 e. The van der Waals surface area contributed by atoms with E-state index in [1.165, 1.54) is 17.2 Å². The topological polar surface area (TPSA) is 54.5 Å². The van der Waals surface area contributed by atoms with Crippen LogP contribution in [0.2, 0.25) is 0 Å². The van der Waals surface area contributed by atoms with Crippen molar-refractivity contribution in [3.63, 3.8) is 0 Å². The minimum absolute atomic E-state index is 0.0917. The van der Waals surface area contributed by atoms with Gasteiger partial charge in [0, 0.05) is 41.6 Å². The van der Waals surface area contributed by atoms with Gasteiger partial charge in [-0.25, -0.2) is 8.78 Å². The Hall–Kier alpha value is -1.90. The highest BCUT2D eigenvalue weighted by molar-refractivity contribution is 7.80. The highest BCUT2D eigenvalue weighted by Crippen LogP contribution is 2.35. The van der Waals surface area contributed by atoms with Crippen molar-refractivity contribution < 1.29 is 18.3 Å². The summed E-state index contributed by atoms with van der Waals surface area (Å²) in [6.07, 6.45) is 3.80. The zero-order valence-corrected chi connectivity index (χ0v) is 18.2. The molecule has 162 valence electrons. The SMILES string of the molecule is C[C@@](C(=O)NC1CCOCC1)(c1cncc(F)c1)N(C[C@H](F)Cl)c1ccc(S)cc1. The van der Waals surface area contributed by atoms with E-state index < -0.39 is 22.9 Å². The monoisotopic (exact) mass is 455 g/mol. The molecule has 3 rings (SSSR count). The van der Waals surface area contributed by atoms with E-state index in [1.54, 1.807) is 31.2 Å². The number of anilines is 1. The second-order valence-electron chi connectivity index (χ2n) is 7.34. The number of nitrogens with one attached hydrogen (secondary N) is 1. The van der Waals surface area contributed by atoms with Crippen molar-refractivity contribution in [2.24, 2.45) is 0 Å². The van der Waals surface area contributed by atoms with Crippen LogP contribution in [0.25, 0.3) is 0 Å². The number of pyridine rings is 1. The number of benzene rings is 1. The van der Waals surface area contributed by atoms with Gasteiger partial charge in [0.25, 0.3) is 5.91 Å². The Balaban J connectivity index is 2.07. The van der Waals surface area contributed by atoms with Crippen LogP contribution in [0.3, 0.4) is 0 Å². The third-order valence-electron chi connectivity index (χ3n) is 5.29. The van der Waals surface area contributed by atoms with E-state index in [1.807, 2.05) is 0 Å². The van der Waals surface area contributed by atoms with Gasteiger partial charge in [-0.15, -0.1) is 12.6 Å². The molecule has 0 aliphatic carbocycles. The lowest BCUT2D eigenvalue weighted by Crippen LogP contribution is -2.58. The number of ether oxygens (including phenoxy) is 1. The number of carbonyl (C=O) groups excluding carboxylic acids is 1. The van der Waals surface area contributed by atoms with E-state index in [2.05, 4.69) is 22.9 Å². The van der Waals surface area contributed by atoms with Crippen LogP contribution in [0, 0.1) is 5.82 Å². The molecule has 30 heavy (non-hydrogen) atoms. The van der Waals surface area contributed by atoms with Gasteiger partial charge in [0.1, 0.15) is 11.4 Å². The average Bonchev–Trinajstić information content (AvgIpc) is 2.73. The van der Waals surface area contributed by atoms with E-state index >= 15 is 0 Å². The number of carbonyl (C=O) groups is 1. The molecular weight excluding hydrogens is 432 g/mol. The lowest BCUT2D eigenvalue weighted by Gasteiger charge is -2.43. The predicted octanol–water partition coefficient (Wildman–Crippen LogP) is 4.06. The first-order valence-electron chi connectivity index (χ1n) is 9.65. The molecule has 1 aromatic heterocycles. The summed E-state index contributed by atoms with van der Waals surface area (Å²) in [5.41, 5.74) is -2.38. The van der Waals surface area contributed by atoms with Crippen molar-refractivity contribution in [2.45, 2.75) is 41.9 Å². The van der Waals surface area contributed by atoms with Crippen LogP contribution in [0.1, 0.15) is 25.3 Å². The number of amides is 1. The van der Waals surface area contributed by atoms with Crippen molar-refractivity contribution in [1.29, 1.82) is 0 Å². The van der Waals surface area contributed by atoms with Crippen LogP contribution in [-0.2, 0) is 15.1 Å². The smallest absolute Gasteiger partial charge is 0.250 e. The van der Waals surface area contributed by atoms with E-state index in [0.717, 1.165) is 6.20 Å². The van der Waals surface area contributed by atoms with Crippen LogP contribution >= 0.6 is 24.2 Å².